The second-order valence-corrected chi connectivity index (χ2v) is 6.30. The van der Waals surface area contributed by atoms with Gasteiger partial charge in [-0.25, -0.2) is 0 Å². The van der Waals surface area contributed by atoms with Crippen LogP contribution in [0.1, 0.15) is 40.0 Å². The predicted octanol–water partition coefficient (Wildman–Crippen LogP) is 2.98. The van der Waals surface area contributed by atoms with Gasteiger partial charge in [0.05, 0.1) is 25.5 Å². The molecule has 2 amide bonds. The summed E-state index contributed by atoms with van der Waals surface area (Å²) in [5.74, 6) is 0.440. The molecule has 1 N–H and O–H groups in total. The molecule has 1 aliphatic rings. The molecule has 0 spiro atoms. The number of nitrogens with zero attached hydrogens (tertiary/aromatic N) is 2. The van der Waals surface area contributed by atoms with E-state index in [2.05, 4.69) is 10.3 Å². The van der Waals surface area contributed by atoms with Crippen LogP contribution in [0.15, 0.2) is 36.7 Å². The zero-order chi connectivity index (χ0) is 19.2. The van der Waals surface area contributed by atoms with E-state index >= 15 is 0 Å². The Morgan fingerprint density at radius 3 is 2.26 bits per heavy atom. The first kappa shape index (κ1) is 18.7. The first-order valence-electron chi connectivity index (χ1n) is 8.90. The van der Waals surface area contributed by atoms with Crippen molar-refractivity contribution >= 4 is 17.5 Å². The van der Waals surface area contributed by atoms with Crippen molar-refractivity contribution in [3.63, 3.8) is 0 Å². The number of amides is 2. The summed E-state index contributed by atoms with van der Waals surface area (Å²) >= 11 is 0. The van der Waals surface area contributed by atoms with Crippen molar-refractivity contribution in [3.8, 4) is 11.5 Å². The lowest BCUT2D eigenvalue weighted by Gasteiger charge is -2.28. The van der Waals surface area contributed by atoms with Gasteiger partial charge in [-0.15, -0.1) is 0 Å². The number of rotatable bonds is 5. The van der Waals surface area contributed by atoms with E-state index < -0.39 is 0 Å². The van der Waals surface area contributed by atoms with Crippen LogP contribution >= 0.6 is 0 Å². The molecule has 1 saturated heterocycles. The van der Waals surface area contributed by atoms with Gasteiger partial charge in [0.1, 0.15) is 0 Å². The number of aromatic nitrogens is 1. The maximum absolute atomic E-state index is 13.1. The lowest BCUT2D eigenvalue weighted by atomic mass is 10.1. The Hall–Kier alpha value is -3.09. The van der Waals surface area contributed by atoms with Crippen LogP contribution in [0.2, 0.25) is 0 Å². The van der Waals surface area contributed by atoms with Crippen LogP contribution in [0, 0.1) is 0 Å². The van der Waals surface area contributed by atoms with Crippen LogP contribution in [0.3, 0.4) is 0 Å². The van der Waals surface area contributed by atoms with Gasteiger partial charge in [-0.2, -0.15) is 0 Å². The molecule has 142 valence electrons. The number of ether oxygens (including phenoxy) is 2. The number of piperidine rings is 1. The summed E-state index contributed by atoms with van der Waals surface area (Å²) < 4.78 is 10.7. The van der Waals surface area contributed by atoms with Crippen LogP contribution < -0.4 is 14.8 Å². The van der Waals surface area contributed by atoms with Crippen LogP contribution in [0.25, 0.3) is 0 Å². The molecule has 1 aromatic carbocycles. The van der Waals surface area contributed by atoms with Gasteiger partial charge in [-0.05, 0) is 37.5 Å². The molecule has 0 radical (unpaired) electrons. The normalized spacial score (nSPS) is 13.8. The summed E-state index contributed by atoms with van der Waals surface area (Å²) in [7, 11) is 3.03. The molecule has 1 aromatic heterocycles. The molecule has 3 rings (SSSR count). The van der Waals surface area contributed by atoms with E-state index in [4.69, 9.17) is 9.47 Å². The summed E-state index contributed by atoms with van der Waals surface area (Å²) in [5.41, 5.74) is 1.23. The highest BCUT2D eigenvalue weighted by atomic mass is 16.5. The van der Waals surface area contributed by atoms with Gasteiger partial charge < -0.3 is 19.7 Å². The Bertz CT molecular complexity index is 817. The minimum atomic E-state index is -0.322. The molecule has 2 aromatic rings. The fourth-order valence-corrected chi connectivity index (χ4v) is 3.12. The van der Waals surface area contributed by atoms with Crippen LogP contribution in [0.5, 0.6) is 11.5 Å². The van der Waals surface area contributed by atoms with Crippen LogP contribution in [-0.2, 0) is 0 Å². The van der Waals surface area contributed by atoms with E-state index in [1.54, 1.807) is 36.7 Å². The highest BCUT2D eigenvalue weighted by molar-refractivity contribution is 6.09. The Morgan fingerprint density at radius 1 is 1.00 bits per heavy atom. The van der Waals surface area contributed by atoms with E-state index in [9.17, 15) is 9.59 Å². The van der Waals surface area contributed by atoms with Crippen molar-refractivity contribution in [3.05, 3.63) is 47.8 Å². The summed E-state index contributed by atoms with van der Waals surface area (Å²) in [6.07, 6.45) is 6.18. The minimum Gasteiger partial charge on any atom is -0.493 e. The molecule has 0 bridgehead atoms. The molecule has 7 heteroatoms. The molecule has 1 aliphatic heterocycles. The second-order valence-electron chi connectivity index (χ2n) is 6.30. The molecular weight excluding hydrogens is 346 g/mol. The average molecular weight is 369 g/mol. The van der Waals surface area contributed by atoms with E-state index in [-0.39, 0.29) is 11.8 Å². The van der Waals surface area contributed by atoms with Gasteiger partial charge >= 0.3 is 0 Å². The Kier molecular flexibility index (Phi) is 5.90. The smallest absolute Gasteiger partial charge is 0.256 e. The zero-order valence-electron chi connectivity index (χ0n) is 15.5. The fourth-order valence-electron chi connectivity index (χ4n) is 3.12. The SMILES string of the molecule is COc1cc(NC(=O)c2ccncc2)c(C(=O)N2CCCCC2)cc1OC. The third kappa shape index (κ3) is 4.19. The van der Waals surface area contributed by atoms with Gasteiger partial charge in [-0.3, -0.25) is 14.6 Å². The fraction of sp³-hybridized carbons (Fsp3) is 0.350. The summed E-state index contributed by atoms with van der Waals surface area (Å²) in [5, 5.41) is 2.82. The van der Waals surface area contributed by atoms with Crippen molar-refractivity contribution in [1.29, 1.82) is 0 Å². The van der Waals surface area contributed by atoms with Gasteiger partial charge in [0.25, 0.3) is 11.8 Å². The number of benzene rings is 1. The third-order valence-electron chi connectivity index (χ3n) is 4.59. The number of carbonyl (C=O) groups is 2. The monoisotopic (exact) mass is 369 g/mol. The van der Waals surface area contributed by atoms with Crippen molar-refractivity contribution in [2.24, 2.45) is 0 Å². The van der Waals surface area contributed by atoms with Crippen molar-refractivity contribution in [2.45, 2.75) is 19.3 Å². The largest absolute Gasteiger partial charge is 0.493 e. The van der Waals surface area contributed by atoms with E-state index in [1.807, 2.05) is 4.90 Å². The standard InChI is InChI=1S/C20H23N3O4/c1-26-17-12-15(20(25)23-10-4-3-5-11-23)16(13-18(17)27-2)22-19(24)14-6-8-21-9-7-14/h6-9,12-13H,3-5,10-11H2,1-2H3,(H,22,24). The van der Waals surface area contributed by atoms with E-state index in [0.717, 1.165) is 19.3 Å². The first-order valence-corrected chi connectivity index (χ1v) is 8.90. The maximum atomic E-state index is 13.1. The maximum Gasteiger partial charge on any atom is 0.256 e. The number of pyridine rings is 1. The van der Waals surface area contributed by atoms with E-state index in [1.165, 1.54) is 14.2 Å². The summed E-state index contributed by atoms with van der Waals surface area (Å²) in [6, 6.07) is 6.47. The lowest BCUT2D eigenvalue weighted by molar-refractivity contribution is 0.0725. The molecule has 2 heterocycles. The molecule has 0 unspecified atom stereocenters. The zero-order valence-corrected chi connectivity index (χ0v) is 15.5. The van der Waals surface area contributed by atoms with E-state index in [0.29, 0.717) is 41.4 Å². The van der Waals surface area contributed by atoms with Crippen LogP contribution in [0.4, 0.5) is 5.69 Å². The van der Waals surface area contributed by atoms with Crippen molar-refractivity contribution in [2.75, 3.05) is 32.6 Å². The number of nitrogens with one attached hydrogen (secondary N) is 1. The quantitative estimate of drug-likeness (QED) is 0.876. The number of hydrogen-bond donors (Lipinski definition) is 1. The van der Waals surface area contributed by atoms with Gasteiger partial charge in [0, 0.05) is 37.1 Å². The molecule has 0 saturated carbocycles. The van der Waals surface area contributed by atoms with Crippen molar-refractivity contribution < 1.29 is 19.1 Å². The van der Waals surface area contributed by atoms with Crippen molar-refractivity contribution in [1.82, 2.24) is 9.88 Å². The number of carbonyl (C=O) groups excluding carboxylic acids is 2. The molecule has 1 fully saturated rings. The minimum absolute atomic E-state index is 0.124. The lowest BCUT2D eigenvalue weighted by Crippen LogP contribution is -2.36. The Labute approximate surface area is 158 Å². The summed E-state index contributed by atoms with van der Waals surface area (Å²) in [4.78, 5) is 31.4. The van der Waals surface area contributed by atoms with Gasteiger partial charge in [0.2, 0.25) is 0 Å². The van der Waals surface area contributed by atoms with Crippen LogP contribution in [-0.4, -0.2) is 49.0 Å². The third-order valence-corrected chi connectivity index (χ3v) is 4.59. The Balaban J connectivity index is 1.96. The average Bonchev–Trinajstić information content (AvgIpc) is 2.74. The highest BCUT2D eigenvalue weighted by Crippen LogP contribution is 2.34. The molecule has 27 heavy (non-hydrogen) atoms. The topological polar surface area (TPSA) is 80.8 Å². The summed E-state index contributed by atoms with van der Waals surface area (Å²) in [6.45, 7) is 1.43. The number of hydrogen-bond acceptors (Lipinski definition) is 5. The van der Waals surface area contributed by atoms with Gasteiger partial charge in [0.15, 0.2) is 11.5 Å². The highest BCUT2D eigenvalue weighted by Gasteiger charge is 2.24. The first-order chi connectivity index (χ1) is 13.1. The number of anilines is 1. The molecule has 0 atom stereocenters. The Morgan fingerprint density at radius 2 is 1.63 bits per heavy atom. The number of likely N-dealkylation sites (tertiary alicyclic amines) is 1. The molecule has 0 aliphatic carbocycles. The predicted molar refractivity (Wildman–Crippen MR) is 101 cm³/mol. The molecular formula is C20H23N3O4. The second kappa shape index (κ2) is 8.53. The number of methoxy groups -OCH3 is 2. The molecule has 7 nitrogen and oxygen atoms in total. The van der Waals surface area contributed by atoms with Gasteiger partial charge in [-0.1, -0.05) is 0 Å².